The molecule has 1 heterocycles. The summed E-state index contributed by atoms with van der Waals surface area (Å²) in [6.07, 6.45) is -3.50. The lowest BCUT2D eigenvalue weighted by Gasteiger charge is -2.06. The van der Waals surface area contributed by atoms with Gasteiger partial charge in [0.25, 0.3) is 0 Å². The molecule has 1 nitrogen and oxygen atoms in total. The molecule has 14 heavy (non-hydrogen) atoms. The van der Waals surface area contributed by atoms with Crippen molar-refractivity contribution in [1.29, 1.82) is 0 Å². The van der Waals surface area contributed by atoms with Crippen LogP contribution in [0.3, 0.4) is 0 Å². The first-order chi connectivity index (χ1) is 6.57. The number of hydrogen-bond acceptors (Lipinski definition) is 1. The lowest BCUT2D eigenvalue weighted by Crippen LogP contribution is -2.05. The summed E-state index contributed by atoms with van der Waals surface area (Å²) >= 11 is 0. The summed E-state index contributed by atoms with van der Waals surface area (Å²) in [6.45, 7) is 0. The molecule has 0 amide bonds. The molecule has 0 bridgehead atoms. The van der Waals surface area contributed by atoms with Crippen LogP contribution in [0.4, 0.5) is 13.2 Å². The van der Waals surface area contributed by atoms with E-state index in [1.165, 1.54) is 6.07 Å². The normalized spacial score (nSPS) is 11.9. The molecule has 1 aromatic carbocycles. The number of halogens is 3. The number of pyridine rings is 1. The Bertz CT molecular complexity index is 462. The predicted octanol–water partition coefficient (Wildman–Crippen LogP) is 3.05. The molecule has 71 valence electrons. The Balaban J connectivity index is 2.63. The highest BCUT2D eigenvalue weighted by atomic mass is 19.4. The van der Waals surface area contributed by atoms with Crippen molar-refractivity contribution in [3.05, 3.63) is 42.1 Å². The zero-order valence-electron chi connectivity index (χ0n) is 6.97. The summed E-state index contributed by atoms with van der Waals surface area (Å²) < 4.78 is 36.8. The van der Waals surface area contributed by atoms with E-state index in [1.807, 2.05) is 0 Å². The molecule has 0 atom stereocenters. The van der Waals surface area contributed by atoms with Crippen molar-refractivity contribution in [2.45, 2.75) is 6.18 Å². The van der Waals surface area contributed by atoms with E-state index in [9.17, 15) is 13.2 Å². The highest BCUT2D eigenvalue weighted by molar-refractivity contribution is 5.78. The van der Waals surface area contributed by atoms with Crippen molar-refractivity contribution in [3.8, 4) is 0 Å². The van der Waals surface area contributed by atoms with Crippen molar-refractivity contribution >= 4 is 10.9 Å². The van der Waals surface area contributed by atoms with Gasteiger partial charge in [-0.2, -0.15) is 13.2 Å². The molecule has 1 aromatic heterocycles. The molecular formula is C10H5F3N. The van der Waals surface area contributed by atoms with Crippen LogP contribution in [0.15, 0.2) is 30.5 Å². The van der Waals surface area contributed by atoms with Gasteiger partial charge in [-0.05, 0) is 24.3 Å². The largest absolute Gasteiger partial charge is 0.417 e. The summed E-state index contributed by atoms with van der Waals surface area (Å²) in [4.78, 5) is 3.71. The molecule has 0 fully saturated rings. The third-order valence-electron chi connectivity index (χ3n) is 1.85. The Morgan fingerprint density at radius 1 is 1.29 bits per heavy atom. The van der Waals surface area contributed by atoms with Gasteiger partial charge in [-0.25, -0.2) is 0 Å². The highest BCUT2D eigenvalue weighted by Gasteiger charge is 2.30. The van der Waals surface area contributed by atoms with Crippen LogP contribution in [0.25, 0.3) is 10.9 Å². The molecule has 0 aliphatic carbocycles. The molecule has 1 radical (unpaired) electrons. The van der Waals surface area contributed by atoms with Gasteiger partial charge in [-0.3, -0.25) is 4.98 Å². The molecule has 0 spiro atoms. The van der Waals surface area contributed by atoms with Gasteiger partial charge in [0.15, 0.2) is 0 Å². The number of aromatic nitrogens is 1. The first-order valence-corrected chi connectivity index (χ1v) is 3.90. The average Bonchev–Trinajstić information content (AvgIpc) is 2.16. The van der Waals surface area contributed by atoms with Crippen LogP contribution < -0.4 is 0 Å². The van der Waals surface area contributed by atoms with Gasteiger partial charge in [-0.1, -0.05) is 6.07 Å². The van der Waals surface area contributed by atoms with E-state index in [4.69, 9.17) is 0 Å². The van der Waals surface area contributed by atoms with Crippen LogP contribution in [0.5, 0.6) is 0 Å². The summed E-state index contributed by atoms with van der Waals surface area (Å²) in [6, 6.07) is 8.49. The molecular weight excluding hydrogens is 191 g/mol. The van der Waals surface area contributed by atoms with Crippen molar-refractivity contribution in [2.75, 3.05) is 0 Å². The molecule has 0 saturated heterocycles. The Hall–Kier alpha value is -1.58. The second-order valence-corrected chi connectivity index (χ2v) is 2.84. The summed E-state index contributed by atoms with van der Waals surface area (Å²) in [5, 5.41) is 0.447. The maximum Gasteiger partial charge on any atom is 0.417 e. The number of alkyl halides is 3. The number of rotatable bonds is 0. The minimum Gasteiger partial charge on any atom is -0.256 e. The molecule has 2 rings (SSSR count). The fourth-order valence-corrected chi connectivity index (χ4v) is 1.17. The number of benzene rings is 1. The van der Waals surface area contributed by atoms with E-state index >= 15 is 0 Å². The lowest BCUT2D eigenvalue weighted by atomic mass is 10.1. The predicted molar refractivity (Wildman–Crippen MR) is 45.6 cm³/mol. The second-order valence-electron chi connectivity index (χ2n) is 2.84. The Labute approximate surface area is 78.2 Å². The van der Waals surface area contributed by atoms with Gasteiger partial charge >= 0.3 is 6.18 Å². The fourth-order valence-electron chi connectivity index (χ4n) is 1.17. The van der Waals surface area contributed by atoms with Crippen molar-refractivity contribution in [2.24, 2.45) is 0 Å². The van der Waals surface area contributed by atoms with E-state index in [-0.39, 0.29) is 0 Å². The molecule has 4 heteroatoms. The quantitative estimate of drug-likeness (QED) is 0.631. The van der Waals surface area contributed by atoms with Crippen LogP contribution in [0.1, 0.15) is 5.56 Å². The Morgan fingerprint density at radius 3 is 2.79 bits per heavy atom. The van der Waals surface area contributed by atoms with E-state index < -0.39 is 11.7 Å². The first-order valence-electron chi connectivity index (χ1n) is 3.90. The van der Waals surface area contributed by atoms with Gasteiger partial charge in [-0.15, -0.1) is 0 Å². The summed E-state index contributed by atoms with van der Waals surface area (Å²) in [5.74, 6) is 0. The number of nitrogens with zero attached hydrogens (tertiary/aromatic N) is 1. The maximum atomic E-state index is 12.3. The fraction of sp³-hybridized carbons (Fsp3) is 0.100. The minimum absolute atomic E-state index is 0.447. The van der Waals surface area contributed by atoms with Crippen molar-refractivity contribution in [3.63, 3.8) is 0 Å². The standard InChI is InChI=1S/C10H5F3N/c11-10(12,13)8-5-7-3-1-2-4-9(7)14-6-8/h2-6H. The molecule has 0 aliphatic heterocycles. The Morgan fingerprint density at radius 2 is 2.07 bits per heavy atom. The van der Waals surface area contributed by atoms with E-state index in [0.717, 1.165) is 12.3 Å². The number of fused-ring (bicyclic) bond motifs is 1. The molecule has 0 unspecified atom stereocenters. The molecule has 0 N–H and O–H groups in total. The van der Waals surface area contributed by atoms with Crippen LogP contribution in [-0.2, 0) is 6.18 Å². The van der Waals surface area contributed by atoms with E-state index in [1.54, 1.807) is 12.1 Å². The molecule has 2 aromatic rings. The van der Waals surface area contributed by atoms with Crippen LogP contribution in [0.2, 0.25) is 0 Å². The second kappa shape index (κ2) is 2.97. The zero-order valence-corrected chi connectivity index (χ0v) is 6.97. The molecule has 0 saturated carbocycles. The number of hydrogen-bond donors (Lipinski definition) is 0. The van der Waals surface area contributed by atoms with E-state index in [2.05, 4.69) is 11.1 Å². The Kier molecular flexibility index (Phi) is 1.91. The summed E-state index contributed by atoms with van der Waals surface area (Å²) in [7, 11) is 0. The first kappa shape index (κ1) is 8.99. The highest BCUT2D eigenvalue weighted by Crippen LogP contribution is 2.30. The van der Waals surface area contributed by atoms with Gasteiger partial charge in [0.05, 0.1) is 11.1 Å². The monoisotopic (exact) mass is 196 g/mol. The van der Waals surface area contributed by atoms with Gasteiger partial charge < -0.3 is 0 Å². The van der Waals surface area contributed by atoms with Gasteiger partial charge in [0, 0.05) is 11.6 Å². The van der Waals surface area contributed by atoms with E-state index in [0.29, 0.717) is 10.9 Å². The summed E-state index contributed by atoms with van der Waals surface area (Å²) in [5.41, 5.74) is -0.193. The third kappa shape index (κ3) is 1.55. The van der Waals surface area contributed by atoms with Gasteiger partial charge in [0.2, 0.25) is 0 Å². The van der Waals surface area contributed by atoms with Crippen LogP contribution >= 0.6 is 0 Å². The third-order valence-corrected chi connectivity index (χ3v) is 1.85. The molecule has 0 aliphatic rings. The van der Waals surface area contributed by atoms with Crippen LogP contribution in [0, 0.1) is 6.07 Å². The maximum absolute atomic E-state index is 12.3. The zero-order chi connectivity index (χ0) is 10.2. The smallest absolute Gasteiger partial charge is 0.256 e. The average molecular weight is 196 g/mol. The SMILES string of the molecule is FC(F)(F)c1cnc2cc[c]cc2c1. The van der Waals surface area contributed by atoms with Crippen LogP contribution in [-0.4, -0.2) is 4.98 Å². The van der Waals surface area contributed by atoms with Crippen molar-refractivity contribution < 1.29 is 13.2 Å². The van der Waals surface area contributed by atoms with Crippen molar-refractivity contribution in [1.82, 2.24) is 4.98 Å². The van der Waals surface area contributed by atoms with Gasteiger partial charge in [0.1, 0.15) is 0 Å². The lowest BCUT2D eigenvalue weighted by molar-refractivity contribution is -0.137. The topological polar surface area (TPSA) is 12.9 Å². The minimum atomic E-state index is -4.34.